The van der Waals surface area contributed by atoms with E-state index in [9.17, 15) is 8.78 Å². The second kappa shape index (κ2) is 15.8. The van der Waals surface area contributed by atoms with Crippen molar-refractivity contribution in [3.8, 4) is 0 Å². The Hall–Kier alpha value is -0.280. The zero-order chi connectivity index (χ0) is 27.8. The minimum Gasteiger partial charge on any atom is -0.244 e. The molecule has 4 aliphatic rings. The Balaban J connectivity index is 1.13. The van der Waals surface area contributed by atoms with Gasteiger partial charge < -0.3 is 0 Å². The van der Waals surface area contributed by atoms with Crippen molar-refractivity contribution in [2.24, 2.45) is 47.3 Å². The second-order valence-corrected chi connectivity index (χ2v) is 14.6. The Morgan fingerprint density at radius 1 is 0.410 bits per heavy atom. The average molecular weight is 557 g/mol. The second-order valence-electron chi connectivity index (χ2n) is 14.6. The first kappa shape index (κ1) is 31.7. The van der Waals surface area contributed by atoms with Gasteiger partial charge in [0.1, 0.15) is 24.7 Å². The normalized spacial score (nSPS) is 43.8. The largest absolute Gasteiger partial charge is 0.244 e. The molecule has 0 aliphatic heterocycles. The van der Waals surface area contributed by atoms with E-state index in [2.05, 4.69) is 13.8 Å². The lowest BCUT2D eigenvalue weighted by Crippen LogP contribution is -2.45. The highest BCUT2D eigenvalue weighted by atomic mass is 19.2. The van der Waals surface area contributed by atoms with Crippen molar-refractivity contribution in [2.45, 2.75) is 173 Å². The van der Waals surface area contributed by atoms with Crippen molar-refractivity contribution in [1.29, 1.82) is 0 Å². The van der Waals surface area contributed by atoms with E-state index >= 15 is 8.78 Å². The number of halogens is 4. The zero-order valence-electron chi connectivity index (χ0n) is 25.3. The van der Waals surface area contributed by atoms with Gasteiger partial charge in [0.25, 0.3) is 0 Å². The van der Waals surface area contributed by atoms with Gasteiger partial charge in [0.2, 0.25) is 0 Å². The van der Waals surface area contributed by atoms with E-state index in [0.717, 1.165) is 115 Å². The van der Waals surface area contributed by atoms with Crippen LogP contribution in [0.2, 0.25) is 0 Å². The van der Waals surface area contributed by atoms with E-state index in [0.29, 0.717) is 17.8 Å². The summed E-state index contributed by atoms with van der Waals surface area (Å²) in [5.41, 5.74) is 0. The summed E-state index contributed by atoms with van der Waals surface area (Å²) in [4.78, 5) is 0. The van der Waals surface area contributed by atoms with Gasteiger partial charge in [-0.15, -0.1) is 0 Å². The van der Waals surface area contributed by atoms with Gasteiger partial charge in [-0.05, 0) is 112 Å². The number of hydrogen-bond donors (Lipinski definition) is 0. The van der Waals surface area contributed by atoms with Gasteiger partial charge in [-0.25, -0.2) is 17.6 Å². The lowest BCUT2D eigenvalue weighted by Gasteiger charge is -2.44. The third kappa shape index (κ3) is 8.39. The van der Waals surface area contributed by atoms with Crippen LogP contribution in [-0.2, 0) is 0 Å². The van der Waals surface area contributed by atoms with Crippen LogP contribution >= 0.6 is 0 Å². The first-order chi connectivity index (χ1) is 18.9. The van der Waals surface area contributed by atoms with Crippen LogP contribution in [0.5, 0.6) is 0 Å². The summed E-state index contributed by atoms with van der Waals surface area (Å²) in [6.07, 6.45) is 16.8. The van der Waals surface area contributed by atoms with Gasteiger partial charge in [0.15, 0.2) is 0 Å². The molecule has 4 heteroatoms. The van der Waals surface area contributed by atoms with E-state index < -0.39 is 24.7 Å². The molecule has 0 aromatic rings. The molecule has 0 amide bonds. The Morgan fingerprint density at radius 2 is 0.872 bits per heavy atom. The number of rotatable bonds is 12. The first-order valence-corrected chi connectivity index (χ1v) is 17.5. The van der Waals surface area contributed by atoms with Crippen molar-refractivity contribution in [2.75, 3.05) is 0 Å². The first-order valence-electron chi connectivity index (χ1n) is 17.5. The van der Waals surface area contributed by atoms with Crippen LogP contribution in [-0.4, -0.2) is 24.7 Å². The lowest BCUT2D eigenvalue weighted by molar-refractivity contribution is -0.0371. The Bertz CT molecular complexity index is 668. The molecule has 0 aromatic heterocycles. The van der Waals surface area contributed by atoms with E-state index in [1.807, 2.05) is 0 Å². The highest BCUT2D eigenvalue weighted by Gasteiger charge is 2.46. The van der Waals surface area contributed by atoms with Gasteiger partial charge in [-0.1, -0.05) is 84.5 Å². The van der Waals surface area contributed by atoms with Gasteiger partial charge in [-0.2, -0.15) is 0 Å². The van der Waals surface area contributed by atoms with Crippen LogP contribution in [0.3, 0.4) is 0 Å². The molecular formula is C35H60F4. The van der Waals surface area contributed by atoms with Crippen LogP contribution in [0, 0.1) is 47.3 Å². The molecule has 228 valence electrons. The predicted molar refractivity (Wildman–Crippen MR) is 156 cm³/mol. The van der Waals surface area contributed by atoms with Crippen LogP contribution in [0.1, 0.15) is 149 Å². The molecule has 4 aliphatic carbocycles. The standard InChI is InChI=1S/C35H60F4/c1-3-5-6-10-28-20-21-29(33(37)32(28)36)11-7-9-25-14-18-27(19-15-25)31-23-22-30(34(38)35(31)39)26-16-12-24(8-4-2)13-17-26/h24-35H,3-23H2,1-2H3. The zero-order valence-corrected chi connectivity index (χ0v) is 25.3. The maximum absolute atomic E-state index is 15.5. The molecule has 0 aromatic carbocycles. The topological polar surface area (TPSA) is 0 Å². The average Bonchev–Trinajstić information content (AvgIpc) is 2.95. The Morgan fingerprint density at radius 3 is 1.33 bits per heavy atom. The van der Waals surface area contributed by atoms with E-state index in [1.165, 1.54) is 25.7 Å². The molecule has 8 atom stereocenters. The van der Waals surface area contributed by atoms with Crippen LogP contribution in [0.4, 0.5) is 17.6 Å². The molecule has 0 nitrogen and oxygen atoms in total. The van der Waals surface area contributed by atoms with Crippen molar-refractivity contribution in [1.82, 2.24) is 0 Å². The van der Waals surface area contributed by atoms with Crippen molar-refractivity contribution in [3.05, 3.63) is 0 Å². The summed E-state index contributed by atoms with van der Waals surface area (Å²) in [6.45, 7) is 4.39. The van der Waals surface area contributed by atoms with Crippen molar-refractivity contribution in [3.63, 3.8) is 0 Å². The van der Waals surface area contributed by atoms with Gasteiger partial charge in [0.05, 0.1) is 0 Å². The molecule has 0 bridgehead atoms. The van der Waals surface area contributed by atoms with E-state index in [-0.39, 0.29) is 23.7 Å². The summed E-state index contributed by atoms with van der Waals surface area (Å²) >= 11 is 0. The van der Waals surface area contributed by atoms with Crippen LogP contribution in [0.25, 0.3) is 0 Å². The quantitative estimate of drug-likeness (QED) is 0.166. The van der Waals surface area contributed by atoms with Crippen molar-refractivity contribution >= 4 is 0 Å². The van der Waals surface area contributed by atoms with Gasteiger partial charge in [0, 0.05) is 0 Å². The van der Waals surface area contributed by atoms with Gasteiger partial charge in [-0.3, -0.25) is 0 Å². The maximum atomic E-state index is 15.5. The number of unbranched alkanes of at least 4 members (excludes halogenated alkanes) is 2. The predicted octanol–water partition coefficient (Wildman–Crippen LogP) is 11.6. The van der Waals surface area contributed by atoms with Gasteiger partial charge >= 0.3 is 0 Å². The molecule has 0 N–H and O–H groups in total. The molecule has 0 spiro atoms. The smallest absolute Gasteiger partial charge is 0.134 e. The monoisotopic (exact) mass is 556 g/mol. The SMILES string of the molecule is CCCCCC1CCC(CCCC2CCC(C3CCC(C4CCC(CCC)CC4)C(F)C3F)CC2)C(F)C1F. The number of alkyl halides is 4. The molecule has 4 rings (SSSR count). The molecule has 8 unspecified atom stereocenters. The highest BCUT2D eigenvalue weighted by molar-refractivity contribution is 4.95. The Kier molecular flexibility index (Phi) is 12.8. The molecule has 0 heterocycles. The van der Waals surface area contributed by atoms with Crippen LogP contribution in [0.15, 0.2) is 0 Å². The molecule has 0 saturated heterocycles. The molecule has 0 radical (unpaired) electrons. The van der Waals surface area contributed by atoms with Crippen LogP contribution < -0.4 is 0 Å². The molecule has 4 fully saturated rings. The summed E-state index contributed by atoms with van der Waals surface area (Å²) < 4.78 is 60.5. The highest BCUT2D eigenvalue weighted by Crippen LogP contribution is 2.49. The fourth-order valence-electron chi connectivity index (χ4n) is 9.58. The summed E-state index contributed by atoms with van der Waals surface area (Å²) in [5, 5.41) is 0. The third-order valence-corrected chi connectivity index (χ3v) is 12.1. The summed E-state index contributed by atoms with van der Waals surface area (Å²) in [5.74, 6) is 1.85. The minimum absolute atomic E-state index is 0.0511. The molecular weight excluding hydrogens is 496 g/mol. The van der Waals surface area contributed by atoms with E-state index in [4.69, 9.17) is 0 Å². The van der Waals surface area contributed by atoms with E-state index in [1.54, 1.807) is 0 Å². The molecule has 39 heavy (non-hydrogen) atoms. The van der Waals surface area contributed by atoms with Crippen molar-refractivity contribution < 1.29 is 17.6 Å². The summed E-state index contributed by atoms with van der Waals surface area (Å²) in [7, 11) is 0. The minimum atomic E-state index is -1.28. The lowest BCUT2D eigenvalue weighted by atomic mass is 9.63. The number of hydrogen-bond acceptors (Lipinski definition) is 0. The Labute approximate surface area is 238 Å². The third-order valence-electron chi connectivity index (χ3n) is 12.1. The fraction of sp³-hybridized carbons (Fsp3) is 1.00. The fourth-order valence-corrected chi connectivity index (χ4v) is 9.58. The maximum Gasteiger partial charge on any atom is 0.134 e. The summed E-state index contributed by atoms with van der Waals surface area (Å²) in [6, 6.07) is 0. The molecule has 4 saturated carbocycles.